The van der Waals surface area contributed by atoms with Gasteiger partial charge in [0.05, 0.1) is 11.5 Å². The lowest BCUT2D eigenvalue weighted by atomic mass is 10.1. The van der Waals surface area contributed by atoms with E-state index in [0.29, 0.717) is 32.9 Å². The Hall–Kier alpha value is -2.45. The van der Waals surface area contributed by atoms with E-state index in [-0.39, 0.29) is 12.2 Å². The molecule has 1 aliphatic carbocycles. The van der Waals surface area contributed by atoms with Crippen LogP contribution in [0.3, 0.4) is 0 Å². The number of carbonyl (C=O) groups excluding carboxylic acids is 1. The first-order valence-corrected chi connectivity index (χ1v) is 9.76. The second kappa shape index (κ2) is 6.61. The van der Waals surface area contributed by atoms with Crippen LogP contribution in [-0.4, -0.2) is 26.0 Å². The molecule has 0 saturated heterocycles. The van der Waals surface area contributed by atoms with Gasteiger partial charge in [0, 0.05) is 16.1 Å². The maximum atomic E-state index is 12.4. The summed E-state index contributed by atoms with van der Waals surface area (Å²) in [6.07, 6.45) is 2.33. The van der Waals surface area contributed by atoms with Crippen molar-refractivity contribution in [2.75, 3.05) is 0 Å². The van der Waals surface area contributed by atoms with E-state index in [1.54, 1.807) is 32.1 Å². The molecule has 0 unspecified atom stereocenters. The van der Waals surface area contributed by atoms with E-state index < -0.39 is 12.1 Å². The molecule has 0 spiro atoms. The first-order chi connectivity index (χ1) is 12.9. The predicted molar refractivity (Wildman–Crippen MR) is 102 cm³/mol. The first-order valence-electron chi connectivity index (χ1n) is 8.94. The van der Waals surface area contributed by atoms with E-state index in [9.17, 15) is 14.7 Å². The quantitative estimate of drug-likeness (QED) is 0.597. The molecular weight excluding hydrogens is 366 g/mol. The fourth-order valence-electron chi connectivity index (χ4n) is 3.92. The van der Waals surface area contributed by atoms with Crippen molar-refractivity contribution in [3.05, 3.63) is 49.1 Å². The molecule has 0 saturated carbocycles. The summed E-state index contributed by atoms with van der Waals surface area (Å²) < 4.78 is 5.34. The molecule has 3 N–H and O–H groups in total. The summed E-state index contributed by atoms with van der Waals surface area (Å²) in [7, 11) is 0. The molecule has 0 radical (unpaired) electrons. The summed E-state index contributed by atoms with van der Waals surface area (Å²) in [5.41, 5.74) is 3.35. The maximum Gasteiger partial charge on any atom is 0.355 e. The van der Waals surface area contributed by atoms with Gasteiger partial charge in [-0.2, -0.15) is 0 Å². The molecule has 8 heteroatoms. The SMILES string of the molecule is Cc1[nH]c(C(=O)OCc2nc3sc4c(c3c(=O)[nH]2)CCC4)c(C)c1[C@H](C)O. The van der Waals surface area contributed by atoms with E-state index >= 15 is 0 Å². The van der Waals surface area contributed by atoms with Gasteiger partial charge in [-0.25, -0.2) is 9.78 Å². The third kappa shape index (κ3) is 2.98. The second-order valence-corrected chi connectivity index (χ2v) is 8.05. The van der Waals surface area contributed by atoms with Crippen LogP contribution in [0, 0.1) is 13.8 Å². The van der Waals surface area contributed by atoms with E-state index in [2.05, 4.69) is 15.0 Å². The van der Waals surface area contributed by atoms with Crippen LogP contribution in [0.2, 0.25) is 0 Å². The van der Waals surface area contributed by atoms with Gasteiger partial charge in [0.15, 0.2) is 0 Å². The van der Waals surface area contributed by atoms with Crippen LogP contribution in [0.25, 0.3) is 10.2 Å². The zero-order valence-electron chi connectivity index (χ0n) is 15.4. The standard InChI is InChI=1S/C19H21N3O4S/c1-8-14(10(3)23)9(2)20-16(8)19(25)26-7-13-21-17(24)15-11-5-4-6-12(11)27-18(15)22-13/h10,20,23H,4-7H2,1-3H3,(H,21,22,24)/t10-/m0/s1. The Labute approximate surface area is 159 Å². The first kappa shape index (κ1) is 17.9. The smallest absolute Gasteiger partial charge is 0.355 e. The summed E-state index contributed by atoms with van der Waals surface area (Å²) in [6, 6.07) is 0. The molecule has 142 valence electrons. The normalized spacial score (nSPS) is 14.5. The van der Waals surface area contributed by atoms with Gasteiger partial charge < -0.3 is 19.8 Å². The maximum absolute atomic E-state index is 12.4. The molecule has 0 bridgehead atoms. The van der Waals surface area contributed by atoms with Crippen molar-refractivity contribution >= 4 is 27.5 Å². The Bertz CT molecular complexity index is 1110. The number of fused-ring (bicyclic) bond motifs is 3. The van der Waals surface area contributed by atoms with E-state index in [0.717, 1.165) is 30.5 Å². The minimum atomic E-state index is -0.677. The van der Waals surface area contributed by atoms with Crippen molar-refractivity contribution in [3.8, 4) is 0 Å². The van der Waals surface area contributed by atoms with Gasteiger partial charge in [-0.05, 0) is 51.2 Å². The summed E-state index contributed by atoms with van der Waals surface area (Å²) >= 11 is 1.55. The summed E-state index contributed by atoms with van der Waals surface area (Å²) in [4.78, 5) is 37.0. The van der Waals surface area contributed by atoms with Gasteiger partial charge in [-0.15, -0.1) is 11.3 Å². The van der Waals surface area contributed by atoms with E-state index in [1.165, 1.54) is 4.88 Å². The van der Waals surface area contributed by atoms with E-state index in [1.807, 2.05) is 0 Å². The number of carbonyl (C=O) groups is 1. The number of hydrogen-bond acceptors (Lipinski definition) is 6. The molecule has 3 aromatic heterocycles. The molecule has 3 heterocycles. The molecular formula is C19H21N3O4S. The van der Waals surface area contributed by atoms with Gasteiger partial charge in [0.1, 0.15) is 23.0 Å². The van der Waals surface area contributed by atoms with Crippen LogP contribution in [0.15, 0.2) is 4.79 Å². The minimum Gasteiger partial charge on any atom is -0.453 e. The lowest BCUT2D eigenvalue weighted by molar-refractivity contribution is 0.0455. The Morgan fingerprint density at radius 2 is 2.11 bits per heavy atom. The fraction of sp³-hybridized carbons (Fsp3) is 0.421. The predicted octanol–water partition coefficient (Wildman–Crippen LogP) is 2.83. The van der Waals surface area contributed by atoms with Crippen LogP contribution in [0.5, 0.6) is 0 Å². The number of ether oxygens (including phenoxy) is 1. The average Bonchev–Trinajstić information content (AvgIpc) is 3.25. The third-order valence-corrected chi connectivity index (χ3v) is 6.27. The second-order valence-electron chi connectivity index (χ2n) is 6.97. The van der Waals surface area contributed by atoms with Crippen LogP contribution >= 0.6 is 11.3 Å². The van der Waals surface area contributed by atoms with Crippen LogP contribution in [0.4, 0.5) is 0 Å². The molecule has 27 heavy (non-hydrogen) atoms. The number of thiophene rings is 1. The monoisotopic (exact) mass is 387 g/mol. The highest BCUT2D eigenvalue weighted by molar-refractivity contribution is 7.18. The number of rotatable bonds is 4. The molecule has 0 aromatic carbocycles. The van der Waals surface area contributed by atoms with Crippen molar-refractivity contribution in [2.24, 2.45) is 0 Å². The average molecular weight is 387 g/mol. The lowest BCUT2D eigenvalue weighted by Crippen LogP contribution is -2.15. The van der Waals surface area contributed by atoms with E-state index in [4.69, 9.17) is 4.74 Å². The molecule has 1 aliphatic rings. The van der Waals surface area contributed by atoms with Gasteiger partial charge in [0.2, 0.25) is 0 Å². The van der Waals surface area contributed by atoms with Crippen molar-refractivity contribution in [2.45, 2.75) is 52.7 Å². The molecule has 0 fully saturated rings. The van der Waals surface area contributed by atoms with Crippen LogP contribution < -0.4 is 5.56 Å². The number of aliphatic hydroxyl groups excluding tert-OH is 1. The molecule has 1 atom stereocenters. The zero-order chi connectivity index (χ0) is 19.3. The zero-order valence-corrected chi connectivity index (χ0v) is 16.2. The van der Waals surface area contributed by atoms with Crippen molar-refractivity contribution in [1.29, 1.82) is 0 Å². The molecule has 0 aliphatic heterocycles. The summed E-state index contributed by atoms with van der Waals surface area (Å²) in [5, 5.41) is 10.5. The van der Waals surface area contributed by atoms with Gasteiger partial charge >= 0.3 is 5.97 Å². The number of nitrogens with zero attached hydrogens (tertiary/aromatic N) is 1. The van der Waals surface area contributed by atoms with Crippen molar-refractivity contribution in [1.82, 2.24) is 15.0 Å². The Kier molecular flexibility index (Phi) is 4.39. The van der Waals surface area contributed by atoms with Gasteiger partial charge in [0.25, 0.3) is 5.56 Å². The van der Waals surface area contributed by atoms with Gasteiger partial charge in [-0.3, -0.25) is 4.79 Å². The number of H-pyrrole nitrogens is 2. The van der Waals surface area contributed by atoms with Gasteiger partial charge in [-0.1, -0.05) is 0 Å². The van der Waals surface area contributed by atoms with Crippen molar-refractivity contribution in [3.63, 3.8) is 0 Å². The number of nitrogens with one attached hydrogen (secondary N) is 2. The lowest BCUT2D eigenvalue weighted by Gasteiger charge is -2.06. The highest BCUT2D eigenvalue weighted by atomic mass is 32.1. The number of aromatic nitrogens is 3. The highest BCUT2D eigenvalue weighted by Crippen LogP contribution is 2.34. The fourth-order valence-corrected chi connectivity index (χ4v) is 5.20. The number of hydrogen-bond donors (Lipinski definition) is 3. The molecule has 4 rings (SSSR count). The Morgan fingerprint density at radius 1 is 1.33 bits per heavy atom. The summed E-state index contributed by atoms with van der Waals surface area (Å²) in [6.45, 7) is 5.10. The molecule has 7 nitrogen and oxygen atoms in total. The Morgan fingerprint density at radius 3 is 2.81 bits per heavy atom. The molecule has 3 aromatic rings. The largest absolute Gasteiger partial charge is 0.453 e. The van der Waals surface area contributed by atoms with Crippen molar-refractivity contribution < 1.29 is 14.6 Å². The topological polar surface area (TPSA) is 108 Å². The highest BCUT2D eigenvalue weighted by Gasteiger charge is 2.23. The third-order valence-electron chi connectivity index (χ3n) is 5.08. The number of aryl methyl sites for hydroxylation is 3. The number of esters is 1. The number of aliphatic hydroxyl groups is 1. The van der Waals surface area contributed by atoms with Crippen LogP contribution in [0.1, 0.15) is 63.0 Å². The summed E-state index contributed by atoms with van der Waals surface area (Å²) in [5.74, 6) is -0.212. The van der Waals surface area contributed by atoms with Crippen LogP contribution in [-0.2, 0) is 24.2 Å². The Balaban J connectivity index is 1.56. The minimum absolute atomic E-state index is 0.117. The number of aromatic amines is 2. The molecule has 0 amide bonds.